The van der Waals surface area contributed by atoms with E-state index in [1.807, 2.05) is 61.8 Å². The Morgan fingerprint density at radius 3 is 2.42 bits per heavy atom. The molecule has 1 saturated heterocycles. The highest BCUT2D eigenvalue weighted by molar-refractivity contribution is 5.83. The van der Waals surface area contributed by atoms with Crippen LogP contribution < -0.4 is 4.74 Å². The first-order valence-corrected chi connectivity index (χ1v) is 12.9. The smallest absolute Gasteiger partial charge is 0.263 e. The minimum atomic E-state index is -0.574. The Bertz CT molecular complexity index is 1110. The number of hydrogen-bond donors (Lipinski definition) is 0. The number of benzene rings is 2. The maximum Gasteiger partial charge on any atom is 0.263 e. The van der Waals surface area contributed by atoms with Gasteiger partial charge in [-0.2, -0.15) is 0 Å². The van der Waals surface area contributed by atoms with E-state index in [0.717, 1.165) is 29.8 Å². The summed E-state index contributed by atoms with van der Waals surface area (Å²) >= 11 is 0. The molecule has 6 nitrogen and oxygen atoms in total. The lowest BCUT2D eigenvalue weighted by Gasteiger charge is -2.41. The number of amides is 2. The lowest BCUT2D eigenvalue weighted by molar-refractivity contribution is -0.141. The number of carbonyl (C=O) groups is 2. The largest absolute Gasteiger partial charge is 0.481 e. The van der Waals surface area contributed by atoms with Gasteiger partial charge in [0.2, 0.25) is 5.91 Å². The van der Waals surface area contributed by atoms with Gasteiger partial charge >= 0.3 is 0 Å². The Morgan fingerprint density at radius 1 is 1.06 bits per heavy atom. The van der Waals surface area contributed by atoms with Gasteiger partial charge in [0.1, 0.15) is 11.6 Å². The van der Waals surface area contributed by atoms with E-state index in [1.165, 1.54) is 12.1 Å². The summed E-state index contributed by atoms with van der Waals surface area (Å²) in [5.74, 6) is 0.286. The minimum absolute atomic E-state index is 0.00883. The van der Waals surface area contributed by atoms with E-state index < -0.39 is 17.6 Å². The molecule has 194 valence electrons. The third kappa shape index (κ3) is 5.56. The summed E-state index contributed by atoms with van der Waals surface area (Å²) in [6, 6.07) is 11.9. The fourth-order valence-electron chi connectivity index (χ4n) is 5.06. The van der Waals surface area contributed by atoms with Gasteiger partial charge in [0.15, 0.2) is 6.10 Å². The van der Waals surface area contributed by atoms with E-state index in [4.69, 9.17) is 4.74 Å². The molecule has 2 aliphatic heterocycles. The molecule has 4 rings (SSSR count). The maximum atomic E-state index is 14.3. The normalized spacial score (nSPS) is 19.6. The monoisotopic (exact) mass is 495 g/mol. The highest BCUT2D eigenvalue weighted by atomic mass is 19.1. The van der Waals surface area contributed by atoms with Gasteiger partial charge < -0.3 is 19.4 Å². The van der Waals surface area contributed by atoms with Gasteiger partial charge in [-0.25, -0.2) is 4.39 Å². The zero-order valence-corrected chi connectivity index (χ0v) is 22.1. The summed E-state index contributed by atoms with van der Waals surface area (Å²) in [6.07, 6.45) is 0.695. The summed E-state index contributed by atoms with van der Waals surface area (Å²) in [4.78, 5) is 32.6. The van der Waals surface area contributed by atoms with Gasteiger partial charge in [0, 0.05) is 38.1 Å². The number of likely N-dealkylation sites (N-methyl/N-ethyl adjacent to an activating group) is 1. The van der Waals surface area contributed by atoms with Crippen LogP contribution in [0.15, 0.2) is 42.5 Å². The van der Waals surface area contributed by atoms with E-state index in [0.29, 0.717) is 38.2 Å². The van der Waals surface area contributed by atoms with E-state index >= 15 is 0 Å². The van der Waals surface area contributed by atoms with Gasteiger partial charge in [-0.05, 0) is 60.8 Å². The molecule has 36 heavy (non-hydrogen) atoms. The molecular weight excluding hydrogens is 457 g/mol. The number of halogens is 1. The zero-order chi connectivity index (χ0) is 26.0. The van der Waals surface area contributed by atoms with Gasteiger partial charge in [0.25, 0.3) is 5.91 Å². The van der Waals surface area contributed by atoms with Gasteiger partial charge in [0.05, 0.1) is 6.04 Å². The predicted octanol–water partition coefficient (Wildman–Crippen LogP) is 4.28. The molecule has 0 aromatic heterocycles. The van der Waals surface area contributed by atoms with Crippen molar-refractivity contribution < 1.29 is 18.7 Å². The van der Waals surface area contributed by atoms with Crippen LogP contribution in [0.1, 0.15) is 56.8 Å². The van der Waals surface area contributed by atoms with Crippen molar-refractivity contribution in [3.8, 4) is 5.75 Å². The van der Waals surface area contributed by atoms with Crippen molar-refractivity contribution in [1.82, 2.24) is 14.7 Å². The molecule has 0 N–H and O–H groups in total. The van der Waals surface area contributed by atoms with E-state index in [-0.39, 0.29) is 17.6 Å². The minimum Gasteiger partial charge on any atom is -0.481 e. The average Bonchev–Trinajstić information content (AvgIpc) is 2.85. The van der Waals surface area contributed by atoms with Crippen LogP contribution >= 0.6 is 0 Å². The molecule has 7 heteroatoms. The topological polar surface area (TPSA) is 53.1 Å². The number of rotatable bonds is 5. The van der Waals surface area contributed by atoms with E-state index in [1.54, 1.807) is 6.07 Å². The highest BCUT2D eigenvalue weighted by Crippen LogP contribution is 2.39. The summed E-state index contributed by atoms with van der Waals surface area (Å²) in [5, 5.41) is 0. The van der Waals surface area contributed by atoms with Crippen molar-refractivity contribution in [1.29, 1.82) is 0 Å². The number of ether oxygens (including phenoxy) is 1. The van der Waals surface area contributed by atoms with Crippen LogP contribution in [0.2, 0.25) is 0 Å². The van der Waals surface area contributed by atoms with Crippen LogP contribution in [0.4, 0.5) is 4.39 Å². The number of piperazine rings is 1. The molecule has 2 heterocycles. The fourth-order valence-corrected chi connectivity index (χ4v) is 5.06. The second-order valence-electron chi connectivity index (χ2n) is 11.0. The molecule has 0 saturated carbocycles. The lowest BCUT2D eigenvalue weighted by Crippen LogP contribution is -2.51. The molecule has 1 fully saturated rings. The second kappa shape index (κ2) is 10.6. The standard InChI is InChI=1S/C29H38FN3O3/c1-6-25(27(34)32-16-14-31(5)15-17-32)36-23-11-10-20-12-13-33(28(35)29(2,3)4)26(24(20)19-23)21-8-7-9-22(30)18-21/h7-11,18-19,25-26H,6,12-17H2,1-5H3. The Morgan fingerprint density at radius 2 is 1.78 bits per heavy atom. The van der Waals surface area contributed by atoms with E-state index in [9.17, 15) is 14.0 Å². The average molecular weight is 496 g/mol. The predicted molar refractivity (Wildman–Crippen MR) is 138 cm³/mol. The van der Waals surface area contributed by atoms with Crippen LogP contribution in [-0.4, -0.2) is 72.4 Å². The Labute approximate surface area is 214 Å². The number of fused-ring (bicyclic) bond motifs is 1. The first-order chi connectivity index (χ1) is 17.1. The van der Waals surface area contributed by atoms with Crippen molar-refractivity contribution in [3.63, 3.8) is 0 Å². The van der Waals surface area contributed by atoms with Crippen molar-refractivity contribution in [2.45, 2.75) is 52.7 Å². The molecular formula is C29H38FN3O3. The summed E-state index contributed by atoms with van der Waals surface area (Å²) in [5.41, 5.74) is 2.18. The van der Waals surface area contributed by atoms with Gasteiger partial charge in [-0.15, -0.1) is 0 Å². The van der Waals surface area contributed by atoms with Crippen molar-refractivity contribution >= 4 is 11.8 Å². The third-order valence-corrected chi connectivity index (χ3v) is 7.15. The molecule has 2 unspecified atom stereocenters. The van der Waals surface area contributed by atoms with Gasteiger partial charge in [-0.3, -0.25) is 9.59 Å². The SMILES string of the molecule is CCC(Oc1ccc2c(c1)C(c1cccc(F)c1)N(C(=O)C(C)(C)C)CC2)C(=O)N1CCN(C)CC1. The molecule has 0 aliphatic carbocycles. The molecule has 2 amide bonds. The first-order valence-electron chi connectivity index (χ1n) is 12.9. The van der Waals surface area contributed by atoms with Crippen LogP contribution in [0.5, 0.6) is 5.75 Å². The molecule has 2 aromatic carbocycles. The molecule has 0 radical (unpaired) electrons. The van der Waals surface area contributed by atoms with Crippen LogP contribution in [0.25, 0.3) is 0 Å². The highest BCUT2D eigenvalue weighted by Gasteiger charge is 2.37. The van der Waals surface area contributed by atoms with Crippen molar-refractivity contribution in [2.24, 2.45) is 5.41 Å². The Kier molecular flexibility index (Phi) is 7.69. The Balaban J connectivity index is 1.66. The van der Waals surface area contributed by atoms with Crippen molar-refractivity contribution in [2.75, 3.05) is 39.8 Å². The third-order valence-electron chi connectivity index (χ3n) is 7.15. The van der Waals surface area contributed by atoms with Crippen LogP contribution in [0.3, 0.4) is 0 Å². The number of hydrogen-bond acceptors (Lipinski definition) is 4. The lowest BCUT2D eigenvalue weighted by atomic mass is 9.85. The Hall–Kier alpha value is -2.93. The first kappa shape index (κ1) is 26.1. The summed E-state index contributed by atoms with van der Waals surface area (Å²) < 4.78 is 20.5. The van der Waals surface area contributed by atoms with Crippen LogP contribution in [-0.2, 0) is 16.0 Å². The number of carbonyl (C=O) groups excluding carboxylic acids is 2. The molecule has 2 aliphatic rings. The molecule has 0 bridgehead atoms. The molecule has 0 spiro atoms. The van der Waals surface area contributed by atoms with Crippen LogP contribution in [0, 0.1) is 11.2 Å². The summed E-state index contributed by atoms with van der Waals surface area (Å²) in [6.45, 7) is 11.3. The maximum absolute atomic E-state index is 14.3. The molecule has 2 aromatic rings. The summed E-state index contributed by atoms with van der Waals surface area (Å²) in [7, 11) is 2.06. The zero-order valence-electron chi connectivity index (χ0n) is 22.1. The molecule has 2 atom stereocenters. The van der Waals surface area contributed by atoms with Gasteiger partial charge in [-0.1, -0.05) is 45.9 Å². The fraction of sp³-hybridized carbons (Fsp3) is 0.517. The second-order valence-corrected chi connectivity index (χ2v) is 11.0. The van der Waals surface area contributed by atoms with Crippen molar-refractivity contribution in [3.05, 3.63) is 65.0 Å². The number of nitrogens with zero attached hydrogens (tertiary/aromatic N) is 3. The van der Waals surface area contributed by atoms with E-state index in [2.05, 4.69) is 11.9 Å². The quantitative estimate of drug-likeness (QED) is 0.622.